The summed E-state index contributed by atoms with van der Waals surface area (Å²) in [6, 6.07) is 11.9. The molecule has 0 aromatic heterocycles. The maximum Gasteiger partial charge on any atom is 0.411 e. The summed E-state index contributed by atoms with van der Waals surface area (Å²) >= 11 is 5.80. The van der Waals surface area contributed by atoms with Crippen molar-refractivity contribution in [2.45, 2.75) is 24.8 Å². The molecule has 4 rings (SSSR count). The number of halogens is 2. The van der Waals surface area contributed by atoms with Crippen molar-refractivity contribution >= 4 is 17.7 Å². The number of nitrogens with zero attached hydrogens (tertiary/aromatic N) is 1. The van der Waals surface area contributed by atoms with Crippen molar-refractivity contribution in [1.82, 2.24) is 4.90 Å². The smallest absolute Gasteiger partial charge is 0.411 e. The highest BCUT2D eigenvalue weighted by Gasteiger charge is 2.34. The molecule has 0 bridgehead atoms. The van der Waals surface area contributed by atoms with E-state index in [4.69, 9.17) is 30.5 Å². The Morgan fingerprint density at radius 3 is 2.77 bits per heavy atom. The quantitative estimate of drug-likeness (QED) is 0.634. The number of benzene rings is 2. The third-order valence-electron chi connectivity index (χ3n) is 5.36. The first-order chi connectivity index (χ1) is 14.5. The molecule has 0 spiro atoms. The van der Waals surface area contributed by atoms with E-state index < -0.39 is 11.7 Å². The predicted octanol–water partition coefficient (Wildman–Crippen LogP) is 4.76. The maximum absolute atomic E-state index is 13.4. The third-order valence-corrected chi connectivity index (χ3v) is 5.45. The molecule has 2 aromatic rings. The van der Waals surface area contributed by atoms with E-state index in [2.05, 4.69) is 0 Å². The Morgan fingerprint density at radius 2 is 2.00 bits per heavy atom. The number of carbonyl (C=O) groups excluding carboxylic acids is 1. The molecule has 1 fully saturated rings. The van der Waals surface area contributed by atoms with Gasteiger partial charge in [0, 0.05) is 25.1 Å². The van der Waals surface area contributed by atoms with E-state index in [0.717, 1.165) is 5.56 Å². The number of ether oxygens (including phenoxy) is 4. The third kappa shape index (κ3) is 4.73. The van der Waals surface area contributed by atoms with E-state index >= 15 is 0 Å². The van der Waals surface area contributed by atoms with Crippen LogP contribution in [-0.2, 0) is 4.74 Å². The van der Waals surface area contributed by atoms with Crippen molar-refractivity contribution in [2.24, 2.45) is 5.92 Å². The van der Waals surface area contributed by atoms with E-state index in [1.54, 1.807) is 30.0 Å². The second-order valence-electron chi connectivity index (χ2n) is 7.41. The van der Waals surface area contributed by atoms with Crippen molar-refractivity contribution in [2.75, 3.05) is 26.5 Å². The number of fused-ring (bicyclic) bond motifs is 1. The molecule has 2 aliphatic heterocycles. The molecule has 1 amide bonds. The van der Waals surface area contributed by atoms with Gasteiger partial charge in [0.05, 0.1) is 6.61 Å². The molecule has 1 unspecified atom stereocenters. The summed E-state index contributed by atoms with van der Waals surface area (Å²) in [7, 11) is 0. The second kappa shape index (κ2) is 9.00. The summed E-state index contributed by atoms with van der Waals surface area (Å²) in [5.41, 5.74) is 0.324. The van der Waals surface area contributed by atoms with Gasteiger partial charge in [-0.05, 0) is 49.1 Å². The van der Waals surface area contributed by atoms with Crippen molar-refractivity contribution in [3.63, 3.8) is 0 Å². The molecule has 3 atom stereocenters. The summed E-state index contributed by atoms with van der Waals surface area (Å²) in [6.07, 6.45) is 0.273. The summed E-state index contributed by atoms with van der Waals surface area (Å²) in [6.45, 7) is 3.16. The number of rotatable bonds is 5. The minimum Gasteiger partial charge on any atom is -0.493 e. The molecule has 2 aromatic carbocycles. The molecule has 6 nitrogen and oxygen atoms in total. The summed E-state index contributed by atoms with van der Waals surface area (Å²) in [4.78, 5) is 14.0. The number of alkyl halides is 1. The van der Waals surface area contributed by atoms with Crippen LogP contribution in [0.15, 0.2) is 42.5 Å². The van der Waals surface area contributed by atoms with Gasteiger partial charge in [0.15, 0.2) is 17.1 Å². The first-order valence-corrected chi connectivity index (χ1v) is 10.3. The monoisotopic (exact) mass is 435 g/mol. The van der Waals surface area contributed by atoms with E-state index in [0.29, 0.717) is 43.4 Å². The molecular weight excluding hydrogens is 413 g/mol. The van der Waals surface area contributed by atoms with Crippen LogP contribution in [0.1, 0.15) is 24.8 Å². The Bertz CT molecular complexity index is 892. The Balaban J connectivity index is 1.48. The molecule has 8 heteroatoms. The van der Waals surface area contributed by atoms with Gasteiger partial charge < -0.3 is 23.8 Å². The van der Waals surface area contributed by atoms with Crippen molar-refractivity contribution in [3.05, 3.63) is 53.8 Å². The Morgan fingerprint density at radius 1 is 1.23 bits per heavy atom. The number of hydrogen-bond donors (Lipinski definition) is 0. The lowest BCUT2D eigenvalue weighted by atomic mass is 9.81. The minimum absolute atomic E-state index is 0.00665. The number of carbonyl (C=O) groups is 1. The van der Waals surface area contributed by atoms with Gasteiger partial charge >= 0.3 is 6.09 Å². The van der Waals surface area contributed by atoms with Gasteiger partial charge in [-0.3, -0.25) is 0 Å². The van der Waals surface area contributed by atoms with E-state index in [1.807, 2.05) is 12.1 Å². The van der Waals surface area contributed by atoms with Crippen LogP contribution in [0.2, 0.25) is 0 Å². The largest absolute Gasteiger partial charge is 0.493 e. The fourth-order valence-electron chi connectivity index (χ4n) is 3.90. The van der Waals surface area contributed by atoms with Crippen LogP contribution in [0.25, 0.3) is 0 Å². The highest BCUT2D eigenvalue weighted by Crippen LogP contribution is 2.37. The Labute approximate surface area is 179 Å². The maximum atomic E-state index is 13.4. The molecule has 0 aliphatic carbocycles. The van der Waals surface area contributed by atoms with Crippen molar-refractivity contribution in [1.29, 1.82) is 0 Å². The normalized spacial score (nSPS) is 21.2. The molecular formula is C22H23ClFNO5. The summed E-state index contributed by atoms with van der Waals surface area (Å²) in [5.74, 6) is 1.83. The van der Waals surface area contributed by atoms with Crippen molar-refractivity contribution in [3.8, 4) is 17.2 Å². The lowest BCUT2D eigenvalue weighted by Gasteiger charge is -2.38. The number of likely N-dealkylation sites (tertiary alicyclic amines) is 1. The topological polar surface area (TPSA) is 57.2 Å². The summed E-state index contributed by atoms with van der Waals surface area (Å²) in [5, 5.41) is 0. The molecule has 1 saturated heterocycles. The van der Waals surface area contributed by atoms with Gasteiger partial charge in [0.25, 0.3) is 0 Å². The second-order valence-corrected chi connectivity index (χ2v) is 8.02. The van der Waals surface area contributed by atoms with Gasteiger partial charge in [-0.15, -0.1) is 0 Å². The average molecular weight is 436 g/mol. The van der Waals surface area contributed by atoms with Crippen LogP contribution in [-0.4, -0.2) is 43.0 Å². The lowest BCUT2D eigenvalue weighted by Crippen LogP contribution is -2.45. The van der Waals surface area contributed by atoms with Crippen LogP contribution in [0.5, 0.6) is 17.2 Å². The molecule has 2 heterocycles. The first kappa shape index (κ1) is 20.6. The predicted molar refractivity (Wildman–Crippen MR) is 109 cm³/mol. The average Bonchev–Trinajstić information content (AvgIpc) is 3.20. The highest BCUT2D eigenvalue weighted by molar-refractivity contribution is 6.19. The number of hydrogen-bond acceptors (Lipinski definition) is 5. The van der Waals surface area contributed by atoms with E-state index in [-0.39, 0.29) is 24.4 Å². The minimum atomic E-state index is -0.698. The first-order valence-electron chi connectivity index (χ1n) is 9.87. The zero-order chi connectivity index (χ0) is 21.1. The van der Waals surface area contributed by atoms with Crippen LogP contribution < -0.4 is 14.2 Å². The van der Waals surface area contributed by atoms with E-state index in [9.17, 15) is 9.18 Å². The van der Waals surface area contributed by atoms with Gasteiger partial charge in [-0.25, -0.2) is 9.18 Å². The van der Waals surface area contributed by atoms with E-state index in [1.165, 1.54) is 12.1 Å². The number of piperidine rings is 1. The summed E-state index contributed by atoms with van der Waals surface area (Å²) < 4.78 is 35.3. The zero-order valence-corrected chi connectivity index (χ0v) is 17.3. The Kier molecular flexibility index (Phi) is 6.18. The van der Waals surface area contributed by atoms with Crippen molar-refractivity contribution < 1.29 is 28.1 Å². The lowest BCUT2D eigenvalue weighted by molar-refractivity contribution is 0.0640. The molecule has 2 aliphatic rings. The highest BCUT2D eigenvalue weighted by atomic mass is 35.5. The van der Waals surface area contributed by atoms with Crippen LogP contribution in [0, 0.1) is 11.7 Å². The fraction of sp³-hybridized carbons (Fsp3) is 0.409. The van der Waals surface area contributed by atoms with Crippen LogP contribution in [0.3, 0.4) is 0 Å². The van der Waals surface area contributed by atoms with Gasteiger partial charge in [0.2, 0.25) is 6.79 Å². The molecule has 30 heavy (non-hydrogen) atoms. The molecule has 0 N–H and O–H groups in total. The molecule has 0 radical (unpaired) electrons. The SMILES string of the molecule is CC(Cl)OC(=O)N1CC[C@@H](c2ccc(F)cc2)[C@H](COc2ccc3c(c2)OCO3)C1. The zero-order valence-electron chi connectivity index (χ0n) is 16.6. The van der Waals surface area contributed by atoms with Gasteiger partial charge in [0.1, 0.15) is 11.6 Å². The van der Waals surface area contributed by atoms with Gasteiger partial charge in [-0.1, -0.05) is 23.7 Å². The fourth-order valence-corrected chi connectivity index (χ4v) is 3.98. The Hall–Kier alpha value is -2.67. The van der Waals surface area contributed by atoms with Crippen LogP contribution >= 0.6 is 11.6 Å². The molecule has 0 saturated carbocycles. The number of amides is 1. The molecule has 160 valence electrons. The van der Waals surface area contributed by atoms with Crippen LogP contribution in [0.4, 0.5) is 9.18 Å². The standard InChI is InChI=1S/C22H23ClFNO5/c1-14(23)30-22(26)25-9-8-19(15-2-4-17(24)5-3-15)16(11-25)12-27-18-6-7-20-21(10-18)29-13-28-20/h2-7,10,14,16,19H,8-9,11-13H2,1H3/t14?,16-,19-/m0/s1. The van der Waals surface area contributed by atoms with Gasteiger partial charge in [-0.2, -0.15) is 0 Å².